The van der Waals surface area contributed by atoms with Crippen molar-refractivity contribution in [3.63, 3.8) is 0 Å². The standard InChI is InChI=1S/C15H13F3N2S/c16-15(17,18)14-10-8-19-11-5-2-1-4-9(11)13(10)20-7-3-6-12(20)21-14/h1-2,4-5,8,12,14H,3,6-7H2. The average molecular weight is 310 g/mol. The molecule has 2 unspecified atom stereocenters. The lowest BCUT2D eigenvalue weighted by Crippen LogP contribution is -2.36. The lowest BCUT2D eigenvalue weighted by Gasteiger charge is -2.38. The Balaban J connectivity index is 1.99. The first-order valence-electron chi connectivity index (χ1n) is 6.92. The first kappa shape index (κ1) is 13.2. The topological polar surface area (TPSA) is 16.1 Å². The molecule has 2 aliphatic heterocycles. The second-order valence-electron chi connectivity index (χ2n) is 5.43. The second-order valence-corrected chi connectivity index (χ2v) is 6.72. The molecule has 0 N–H and O–H groups in total. The Hall–Kier alpha value is -1.43. The maximum atomic E-state index is 13.4. The van der Waals surface area contributed by atoms with Crippen LogP contribution >= 0.6 is 11.8 Å². The van der Waals surface area contributed by atoms with E-state index in [-0.39, 0.29) is 5.37 Å². The van der Waals surface area contributed by atoms with Crippen LogP contribution in [0.3, 0.4) is 0 Å². The number of thioether (sulfide) groups is 1. The number of anilines is 1. The lowest BCUT2D eigenvalue weighted by atomic mass is 10.0. The molecule has 4 rings (SSSR count). The fourth-order valence-corrected chi connectivity index (χ4v) is 4.72. The van der Waals surface area contributed by atoms with Gasteiger partial charge in [0.25, 0.3) is 0 Å². The molecule has 1 aromatic heterocycles. The zero-order valence-corrected chi connectivity index (χ0v) is 11.9. The van der Waals surface area contributed by atoms with E-state index < -0.39 is 11.4 Å². The highest BCUT2D eigenvalue weighted by Crippen LogP contribution is 2.56. The molecule has 2 atom stereocenters. The minimum Gasteiger partial charge on any atom is -0.359 e. The molecule has 0 amide bonds. The Morgan fingerprint density at radius 3 is 2.86 bits per heavy atom. The largest absolute Gasteiger partial charge is 0.404 e. The van der Waals surface area contributed by atoms with Crippen molar-refractivity contribution in [2.75, 3.05) is 11.4 Å². The van der Waals surface area contributed by atoms with E-state index in [0.29, 0.717) is 5.56 Å². The fraction of sp³-hybridized carbons (Fsp3) is 0.400. The van der Waals surface area contributed by atoms with Gasteiger partial charge >= 0.3 is 6.18 Å². The molecule has 6 heteroatoms. The molecule has 1 aromatic carbocycles. The summed E-state index contributed by atoms with van der Waals surface area (Å²) >= 11 is 1.02. The van der Waals surface area contributed by atoms with Crippen LogP contribution in [0.25, 0.3) is 10.9 Å². The van der Waals surface area contributed by atoms with Crippen LogP contribution < -0.4 is 4.90 Å². The summed E-state index contributed by atoms with van der Waals surface area (Å²) in [7, 11) is 0. The first-order valence-corrected chi connectivity index (χ1v) is 7.86. The van der Waals surface area contributed by atoms with Crippen LogP contribution in [0, 0.1) is 0 Å². The molecule has 3 heterocycles. The van der Waals surface area contributed by atoms with Crippen molar-refractivity contribution in [2.45, 2.75) is 29.6 Å². The Morgan fingerprint density at radius 2 is 2.05 bits per heavy atom. The van der Waals surface area contributed by atoms with Gasteiger partial charge in [0.2, 0.25) is 0 Å². The SMILES string of the molecule is FC(F)(F)C1SC2CCCN2c2c1cnc1ccccc21. The highest BCUT2D eigenvalue weighted by atomic mass is 32.2. The minimum atomic E-state index is -4.24. The number of nitrogens with zero attached hydrogens (tertiary/aromatic N) is 2. The van der Waals surface area contributed by atoms with E-state index in [1.54, 1.807) is 0 Å². The number of hydrogen-bond donors (Lipinski definition) is 0. The van der Waals surface area contributed by atoms with Crippen molar-refractivity contribution in [3.8, 4) is 0 Å². The van der Waals surface area contributed by atoms with Crippen molar-refractivity contribution in [3.05, 3.63) is 36.0 Å². The van der Waals surface area contributed by atoms with Gasteiger partial charge in [-0.15, -0.1) is 11.8 Å². The van der Waals surface area contributed by atoms with Gasteiger partial charge in [0.1, 0.15) is 5.25 Å². The number of hydrogen-bond acceptors (Lipinski definition) is 3. The molecule has 1 saturated heterocycles. The van der Waals surface area contributed by atoms with Crippen LogP contribution in [0.15, 0.2) is 30.5 Å². The van der Waals surface area contributed by atoms with E-state index in [1.165, 1.54) is 6.20 Å². The van der Waals surface area contributed by atoms with Gasteiger partial charge in [-0.25, -0.2) is 0 Å². The van der Waals surface area contributed by atoms with Crippen LogP contribution in [0.5, 0.6) is 0 Å². The third-order valence-electron chi connectivity index (χ3n) is 4.13. The number of rotatable bonds is 0. The summed E-state index contributed by atoms with van der Waals surface area (Å²) in [6.07, 6.45) is -1.07. The van der Waals surface area contributed by atoms with E-state index >= 15 is 0 Å². The maximum absolute atomic E-state index is 13.4. The number of aromatic nitrogens is 1. The van der Waals surface area contributed by atoms with Gasteiger partial charge in [0, 0.05) is 23.7 Å². The zero-order chi connectivity index (χ0) is 14.6. The first-order chi connectivity index (χ1) is 10.1. The van der Waals surface area contributed by atoms with Crippen molar-refractivity contribution < 1.29 is 13.2 Å². The fourth-order valence-electron chi connectivity index (χ4n) is 3.27. The van der Waals surface area contributed by atoms with E-state index in [1.807, 2.05) is 24.3 Å². The maximum Gasteiger partial charge on any atom is 0.404 e. The lowest BCUT2D eigenvalue weighted by molar-refractivity contribution is -0.130. The van der Waals surface area contributed by atoms with Gasteiger partial charge < -0.3 is 4.90 Å². The molecule has 0 radical (unpaired) electrons. The second kappa shape index (κ2) is 4.53. The Kier molecular flexibility index (Phi) is 2.86. The third-order valence-corrected chi connectivity index (χ3v) is 5.73. The summed E-state index contributed by atoms with van der Waals surface area (Å²) in [5.41, 5.74) is 1.81. The normalized spacial score (nSPS) is 25.0. The molecular formula is C15H13F3N2S. The molecule has 0 spiro atoms. The predicted molar refractivity (Wildman–Crippen MR) is 78.5 cm³/mol. The average Bonchev–Trinajstić information content (AvgIpc) is 2.93. The van der Waals surface area contributed by atoms with Crippen molar-refractivity contribution in [1.29, 1.82) is 0 Å². The highest BCUT2D eigenvalue weighted by molar-refractivity contribution is 8.00. The van der Waals surface area contributed by atoms with Crippen LogP contribution in [0.2, 0.25) is 0 Å². The zero-order valence-electron chi connectivity index (χ0n) is 11.1. The van der Waals surface area contributed by atoms with Crippen molar-refractivity contribution >= 4 is 28.4 Å². The van der Waals surface area contributed by atoms with Gasteiger partial charge in [-0.05, 0) is 18.9 Å². The number of halogens is 3. The third kappa shape index (κ3) is 1.99. The van der Waals surface area contributed by atoms with Crippen molar-refractivity contribution in [2.24, 2.45) is 0 Å². The molecule has 1 fully saturated rings. The van der Waals surface area contributed by atoms with Crippen LogP contribution in [0.1, 0.15) is 23.7 Å². The van der Waals surface area contributed by atoms with Gasteiger partial charge in [-0.1, -0.05) is 18.2 Å². The van der Waals surface area contributed by atoms with Crippen molar-refractivity contribution in [1.82, 2.24) is 4.98 Å². The summed E-state index contributed by atoms with van der Waals surface area (Å²) in [5.74, 6) is 0. The van der Waals surface area contributed by atoms with Gasteiger partial charge in [0.05, 0.1) is 16.6 Å². The molecular weight excluding hydrogens is 297 g/mol. The monoisotopic (exact) mass is 310 g/mol. The van der Waals surface area contributed by atoms with Gasteiger partial charge in [-0.2, -0.15) is 13.2 Å². The molecule has 0 bridgehead atoms. The van der Waals surface area contributed by atoms with E-state index in [9.17, 15) is 13.2 Å². The summed E-state index contributed by atoms with van der Waals surface area (Å²) in [6, 6.07) is 7.45. The summed E-state index contributed by atoms with van der Waals surface area (Å²) in [5, 5.41) is -0.713. The van der Waals surface area contributed by atoms with Crippen LogP contribution in [0.4, 0.5) is 18.9 Å². The van der Waals surface area contributed by atoms with Crippen LogP contribution in [-0.4, -0.2) is 23.1 Å². The molecule has 2 aliphatic rings. The van der Waals surface area contributed by atoms with E-state index in [2.05, 4.69) is 9.88 Å². The smallest absolute Gasteiger partial charge is 0.359 e. The molecule has 110 valence electrons. The number of alkyl halides is 3. The Bertz CT molecular complexity index is 701. The molecule has 0 saturated carbocycles. The minimum absolute atomic E-state index is 0.0741. The van der Waals surface area contributed by atoms with Crippen LogP contribution in [-0.2, 0) is 0 Å². The van der Waals surface area contributed by atoms with Gasteiger partial charge in [0.15, 0.2) is 0 Å². The highest BCUT2D eigenvalue weighted by Gasteiger charge is 2.49. The molecule has 2 aromatic rings. The predicted octanol–water partition coefficient (Wildman–Crippen LogP) is 4.51. The van der Waals surface area contributed by atoms with E-state index in [0.717, 1.165) is 47.7 Å². The number of benzene rings is 1. The summed E-state index contributed by atoms with van der Waals surface area (Å²) in [6.45, 7) is 0.823. The summed E-state index contributed by atoms with van der Waals surface area (Å²) in [4.78, 5) is 6.36. The molecule has 21 heavy (non-hydrogen) atoms. The number of fused-ring (bicyclic) bond motifs is 5. The Labute approximate surface area is 124 Å². The quantitative estimate of drug-likeness (QED) is 0.712. The number of para-hydroxylation sites is 1. The van der Waals surface area contributed by atoms with E-state index in [4.69, 9.17) is 0 Å². The molecule has 2 nitrogen and oxygen atoms in total. The van der Waals surface area contributed by atoms with Gasteiger partial charge in [-0.3, -0.25) is 4.98 Å². The summed E-state index contributed by atoms with van der Waals surface area (Å²) < 4.78 is 40.2. The molecule has 0 aliphatic carbocycles. The number of pyridine rings is 1. The Morgan fingerprint density at radius 1 is 1.24 bits per heavy atom.